The molecule has 0 spiro atoms. The predicted molar refractivity (Wildman–Crippen MR) is 138 cm³/mol. The average Bonchev–Trinajstić information content (AvgIpc) is 2.92. The van der Waals surface area contributed by atoms with E-state index < -0.39 is 12.1 Å². The van der Waals surface area contributed by atoms with Crippen LogP contribution >= 0.6 is 0 Å². The predicted octanol–water partition coefficient (Wildman–Crippen LogP) is 4.31. The standard InChI is InChI=1S/C29H29NO6/c1-2-25(29(33)35-18-20-9-5-3-6-10-20)30-17-22(31)19-34-23-13-14-27-24(15-23)26(32)16-28(36-27)21-11-7-4-8-12-21/h3-16,22,25,30-31H,2,17-19H2,1H3. The zero-order valence-electron chi connectivity index (χ0n) is 20.1. The lowest BCUT2D eigenvalue weighted by molar-refractivity contribution is -0.147. The second kappa shape index (κ2) is 12.2. The van der Waals surface area contributed by atoms with E-state index in [1.807, 2.05) is 67.6 Å². The third-order valence-electron chi connectivity index (χ3n) is 5.72. The van der Waals surface area contributed by atoms with Crippen LogP contribution in [0, 0.1) is 0 Å². The largest absolute Gasteiger partial charge is 0.491 e. The maximum atomic E-state index is 12.7. The topological polar surface area (TPSA) is 98.0 Å². The molecule has 0 fully saturated rings. The molecule has 4 rings (SSSR count). The van der Waals surface area contributed by atoms with Gasteiger partial charge in [0.05, 0.1) is 5.39 Å². The van der Waals surface area contributed by atoms with Gasteiger partial charge in [-0.15, -0.1) is 0 Å². The summed E-state index contributed by atoms with van der Waals surface area (Å²) in [4.78, 5) is 25.0. The first-order valence-electron chi connectivity index (χ1n) is 11.9. The highest BCUT2D eigenvalue weighted by Gasteiger charge is 2.19. The van der Waals surface area contributed by atoms with E-state index in [4.69, 9.17) is 13.9 Å². The Bertz CT molecular complexity index is 1340. The summed E-state index contributed by atoms with van der Waals surface area (Å²) < 4.78 is 17.0. The zero-order valence-corrected chi connectivity index (χ0v) is 20.1. The molecule has 0 aliphatic heterocycles. The van der Waals surface area contributed by atoms with Crippen LogP contribution in [0.25, 0.3) is 22.3 Å². The normalized spacial score (nSPS) is 12.7. The minimum Gasteiger partial charge on any atom is -0.491 e. The molecule has 0 saturated carbocycles. The Kier molecular flexibility index (Phi) is 8.49. The lowest BCUT2D eigenvalue weighted by atomic mass is 10.1. The van der Waals surface area contributed by atoms with E-state index >= 15 is 0 Å². The number of carbonyl (C=O) groups is 1. The molecule has 7 heteroatoms. The fraction of sp³-hybridized carbons (Fsp3) is 0.241. The second-order valence-electron chi connectivity index (χ2n) is 8.43. The number of hydrogen-bond acceptors (Lipinski definition) is 7. The smallest absolute Gasteiger partial charge is 0.323 e. The fourth-order valence-electron chi connectivity index (χ4n) is 3.72. The number of aliphatic hydroxyl groups excluding tert-OH is 1. The van der Waals surface area contributed by atoms with Crippen molar-refractivity contribution in [2.75, 3.05) is 13.2 Å². The highest BCUT2D eigenvalue weighted by Crippen LogP contribution is 2.24. The van der Waals surface area contributed by atoms with Gasteiger partial charge in [0.15, 0.2) is 5.43 Å². The lowest BCUT2D eigenvalue weighted by Gasteiger charge is -2.19. The number of nitrogens with one attached hydrogen (secondary N) is 1. The molecule has 2 atom stereocenters. The number of ether oxygens (including phenoxy) is 2. The first kappa shape index (κ1) is 25.2. The van der Waals surface area contributed by atoms with Gasteiger partial charge in [0.25, 0.3) is 0 Å². The summed E-state index contributed by atoms with van der Waals surface area (Å²) in [5.41, 5.74) is 2.01. The van der Waals surface area contributed by atoms with Gasteiger partial charge in [-0.2, -0.15) is 0 Å². The average molecular weight is 488 g/mol. The van der Waals surface area contributed by atoms with Gasteiger partial charge in [0, 0.05) is 18.2 Å². The van der Waals surface area contributed by atoms with E-state index in [0.29, 0.717) is 28.9 Å². The maximum Gasteiger partial charge on any atom is 0.323 e. The van der Waals surface area contributed by atoms with E-state index in [9.17, 15) is 14.7 Å². The highest BCUT2D eigenvalue weighted by atomic mass is 16.5. The van der Waals surface area contributed by atoms with E-state index in [0.717, 1.165) is 11.1 Å². The molecule has 0 saturated heterocycles. The quantitative estimate of drug-likeness (QED) is 0.304. The summed E-state index contributed by atoms with van der Waals surface area (Å²) in [5.74, 6) is 0.567. The third kappa shape index (κ3) is 6.59. The van der Waals surface area contributed by atoms with Gasteiger partial charge in [0.1, 0.15) is 42.5 Å². The zero-order chi connectivity index (χ0) is 25.3. The van der Waals surface area contributed by atoms with Crippen molar-refractivity contribution < 1.29 is 23.8 Å². The minimum absolute atomic E-state index is 0.0125. The van der Waals surface area contributed by atoms with Crippen LogP contribution < -0.4 is 15.5 Å². The fourth-order valence-corrected chi connectivity index (χ4v) is 3.72. The van der Waals surface area contributed by atoms with Crippen molar-refractivity contribution in [3.63, 3.8) is 0 Å². The van der Waals surface area contributed by atoms with Gasteiger partial charge in [0.2, 0.25) is 0 Å². The highest BCUT2D eigenvalue weighted by molar-refractivity contribution is 5.80. The summed E-state index contributed by atoms with van der Waals surface area (Å²) in [5, 5.41) is 13.8. The van der Waals surface area contributed by atoms with Crippen molar-refractivity contribution in [2.45, 2.75) is 32.1 Å². The van der Waals surface area contributed by atoms with Crippen molar-refractivity contribution in [3.8, 4) is 17.1 Å². The summed E-state index contributed by atoms with van der Waals surface area (Å²) in [7, 11) is 0. The van der Waals surface area contributed by atoms with Crippen LogP contribution in [-0.2, 0) is 16.1 Å². The van der Waals surface area contributed by atoms with Gasteiger partial charge < -0.3 is 24.3 Å². The molecule has 4 aromatic rings. The molecule has 0 bridgehead atoms. The van der Waals surface area contributed by atoms with Crippen LogP contribution in [0.2, 0.25) is 0 Å². The van der Waals surface area contributed by atoms with Crippen molar-refractivity contribution in [1.29, 1.82) is 0 Å². The molecular formula is C29H29NO6. The molecule has 0 aliphatic rings. The third-order valence-corrected chi connectivity index (χ3v) is 5.72. The maximum absolute atomic E-state index is 12.7. The first-order chi connectivity index (χ1) is 17.5. The van der Waals surface area contributed by atoms with E-state index in [-0.39, 0.29) is 31.2 Å². The SMILES string of the molecule is CCC(NCC(O)COc1ccc2oc(-c3ccccc3)cc(=O)c2c1)C(=O)OCc1ccccc1. The number of esters is 1. The molecule has 7 nitrogen and oxygen atoms in total. The number of aliphatic hydroxyl groups is 1. The van der Waals surface area contributed by atoms with Crippen LogP contribution in [0.3, 0.4) is 0 Å². The molecule has 1 aromatic heterocycles. The first-order valence-corrected chi connectivity index (χ1v) is 11.9. The number of hydrogen-bond donors (Lipinski definition) is 2. The molecule has 2 unspecified atom stereocenters. The Morgan fingerprint density at radius 3 is 2.44 bits per heavy atom. The van der Waals surface area contributed by atoms with E-state index in [1.54, 1.807) is 18.2 Å². The van der Waals surface area contributed by atoms with Crippen molar-refractivity contribution in [2.24, 2.45) is 0 Å². The van der Waals surface area contributed by atoms with Crippen LogP contribution in [0.15, 0.2) is 94.1 Å². The molecule has 0 radical (unpaired) electrons. The molecule has 36 heavy (non-hydrogen) atoms. The minimum atomic E-state index is -0.867. The Morgan fingerprint density at radius 2 is 1.72 bits per heavy atom. The summed E-state index contributed by atoms with van der Waals surface area (Å²) in [6.07, 6.45) is -0.347. The molecule has 0 aliphatic carbocycles. The number of benzene rings is 3. The number of fused-ring (bicyclic) bond motifs is 1. The Hall–Kier alpha value is -3.94. The van der Waals surface area contributed by atoms with Gasteiger partial charge in [-0.25, -0.2) is 0 Å². The summed E-state index contributed by atoms with van der Waals surface area (Å²) in [6, 6.07) is 24.8. The summed E-state index contributed by atoms with van der Waals surface area (Å²) in [6.45, 7) is 2.21. The van der Waals surface area contributed by atoms with E-state index in [1.165, 1.54) is 6.07 Å². The molecular weight excluding hydrogens is 458 g/mol. The van der Waals surface area contributed by atoms with Crippen molar-refractivity contribution in [3.05, 3.63) is 101 Å². The Morgan fingerprint density at radius 1 is 1.00 bits per heavy atom. The molecule has 186 valence electrons. The van der Waals surface area contributed by atoms with Gasteiger partial charge in [-0.1, -0.05) is 67.6 Å². The van der Waals surface area contributed by atoms with Crippen molar-refractivity contribution >= 4 is 16.9 Å². The summed E-state index contributed by atoms with van der Waals surface area (Å²) >= 11 is 0. The van der Waals surface area contributed by atoms with Crippen LogP contribution in [-0.4, -0.2) is 36.4 Å². The second-order valence-corrected chi connectivity index (χ2v) is 8.43. The number of rotatable bonds is 11. The molecule has 2 N–H and O–H groups in total. The molecule has 1 heterocycles. The van der Waals surface area contributed by atoms with Crippen LogP contribution in [0.4, 0.5) is 0 Å². The molecule has 3 aromatic carbocycles. The monoisotopic (exact) mass is 487 g/mol. The van der Waals surface area contributed by atoms with Gasteiger partial charge in [-0.3, -0.25) is 9.59 Å². The van der Waals surface area contributed by atoms with Crippen molar-refractivity contribution in [1.82, 2.24) is 5.32 Å². The lowest BCUT2D eigenvalue weighted by Crippen LogP contribution is -2.42. The Balaban J connectivity index is 1.30. The van der Waals surface area contributed by atoms with Crippen LogP contribution in [0.5, 0.6) is 5.75 Å². The van der Waals surface area contributed by atoms with Gasteiger partial charge in [-0.05, 0) is 30.2 Å². The van der Waals surface area contributed by atoms with Gasteiger partial charge >= 0.3 is 5.97 Å². The number of carbonyl (C=O) groups excluding carboxylic acids is 1. The Labute approximate surface area is 209 Å². The van der Waals surface area contributed by atoms with E-state index in [2.05, 4.69) is 5.32 Å². The van der Waals surface area contributed by atoms with Crippen LogP contribution in [0.1, 0.15) is 18.9 Å². The molecule has 0 amide bonds.